The summed E-state index contributed by atoms with van der Waals surface area (Å²) < 4.78 is 18.3. The number of nitrogens with one attached hydrogen (secondary N) is 2. The summed E-state index contributed by atoms with van der Waals surface area (Å²) in [5.74, 6) is 0.104. The van der Waals surface area contributed by atoms with Crippen molar-refractivity contribution in [3.05, 3.63) is 42.0 Å². The zero-order valence-electron chi connectivity index (χ0n) is 14.5. The minimum Gasteiger partial charge on any atom is -0.444 e. The summed E-state index contributed by atoms with van der Waals surface area (Å²) in [4.78, 5) is 16.3. The Labute approximate surface area is 146 Å². The Balaban J connectivity index is 1.82. The number of urea groups is 1. The van der Waals surface area contributed by atoms with E-state index in [1.165, 1.54) is 18.4 Å². The SMILES string of the molecule is CCC(C)(CCO)NC(=O)NCCc1coc(-c2ccc(F)cc2)n1. The van der Waals surface area contributed by atoms with Gasteiger partial charge in [0.15, 0.2) is 0 Å². The minimum atomic E-state index is -0.428. The summed E-state index contributed by atoms with van der Waals surface area (Å²) in [5, 5.41) is 14.7. The second kappa shape index (κ2) is 8.62. The normalized spacial score (nSPS) is 13.3. The number of hydrogen-bond acceptors (Lipinski definition) is 4. The molecule has 6 nitrogen and oxygen atoms in total. The first kappa shape index (κ1) is 18.9. The maximum absolute atomic E-state index is 12.9. The van der Waals surface area contributed by atoms with E-state index in [0.29, 0.717) is 36.5 Å². The molecule has 0 fully saturated rings. The quantitative estimate of drug-likeness (QED) is 0.684. The molecule has 25 heavy (non-hydrogen) atoms. The van der Waals surface area contributed by atoms with E-state index in [1.807, 2.05) is 13.8 Å². The number of rotatable bonds is 8. The second-order valence-corrected chi connectivity index (χ2v) is 6.17. The molecule has 0 aliphatic rings. The van der Waals surface area contributed by atoms with Crippen molar-refractivity contribution in [2.75, 3.05) is 13.2 Å². The molecule has 136 valence electrons. The number of oxazole rings is 1. The lowest BCUT2D eigenvalue weighted by atomic mass is 9.95. The Morgan fingerprint density at radius 1 is 1.36 bits per heavy atom. The number of amides is 2. The first-order valence-electron chi connectivity index (χ1n) is 8.33. The van der Waals surface area contributed by atoms with Gasteiger partial charge < -0.3 is 20.2 Å². The van der Waals surface area contributed by atoms with Crippen LogP contribution in [0.2, 0.25) is 0 Å². The summed E-state index contributed by atoms with van der Waals surface area (Å²) in [6.45, 7) is 4.29. The monoisotopic (exact) mass is 349 g/mol. The van der Waals surface area contributed by atoms with Crippen LogP contribution in [-0.2, 0) is 6.42 Å². The number of benzene rings is 1. The van der Waals surface area contributed by atoms with E-state index in [0.717, 1.165) is 6.42 Å². The van der Waals surface area contributed by atoms with Crippen LogP contribution in [0.4, 0.5) is 9.18 Å². The predicted octanol–water partition coefficient (Wildman–Crippen LogP) is 2.87. The molecule has 1 atom stereocenters. The van der Waals surface area contributed by atoms with Crippen LogP contribution in [0.3, 0.4) is 0 Å². The predicted molar refractivity (Wildman–Crippen MR) is 92.5 cm³/mol. The highest BCUT2D eigenvalue weighted by Gasteiger charge is 2.23. The van der Waals surface area contributed by atoms with Crippen molar-refractivity contribution < 1.29 is 18.7 Å². The fraction of sp³-hybridized carbons (Fsp3) is 0.444. The highest BCUT2D eigenvalue weighted by Crippen LogP contribution is 2.19. The molecular weight excluding hydrogens is 325 g/mol. The molecular formula is C18H24FN3O3. The van der Waals surface area contributed by atoms with Crippen molar-refractivity contribution in [2.24, 2.45) is 0 Å². The molecule has 7 heteroatoms. The van der Waals surface area contributed by atoms with Gasteiger partial charge in [0.2, 0.25) is 5.89 Å². The minimum absolute atomic E-state index is 0.0235. The second-order valence-electron chi connectivity index (χ2n) is 6.17. The lowest BCUT2D eigenvalue weighted by Crippen LogP contribution is -2.50. The Bertz CT molecular complexity index is 687. The van der Waals surface area contributed by atoms with Crippen molar-refractivity contribution in [3.63, 3.8) is 0 Å². The van der Waals surface area contributed by atoms with Crippen LogP contribution in [0.5, 0.6) is 0 Å². The zero-order valence-corrected chi connectivity index (χ0v) is 14.5. The van der Waals surface area contributed by atoms with Gasteiger partial charge in [-0.3, -0.25) is 0 Å². The van der Waals surface area contributed by atoms with Gasteiger partial charge in [-0.15, -0.1) is 0 Å². The number of halogens is 1. The van der Waals surface area contributed by atoms with Crippen LogP contribution in [-0.4, -0.2) is 34.8 Å². The number of nitrogens with zero attached hydrogens (tertiary/aromatic N) is 1. The molecule has 0 aliphatic heterocycles. The van der Waals surface area contributed by atoms with Gasteiger partial charge in [0, 0.05) is 30.7 Å². The number of carbonyl (C=O) groups is 1. The van der Waals surface area contributed by atoms with Gasteiger partial charge in [-0.2, -0.15) is 0 Å². The van der Waals surface area contributed by atoms with Crippen molar-refractivity contribution in [1.82, 2.24) is 15.6 Å². The van der Waals surface area contributed by atoms with Crippen molar-refractivity contribution in [3.8, 4) is 11.5 Å². The first-order chi connectivity index (χ1) is 12.0. The molecule has 0 spiro atoms. The third-order valence-corrected chi connectivity index (χ3v) is 4.17. The summed E-state index contributed by atoms with van der Waals surface area (Å²) in [6.07, 6.45) is 3.27. The number of aliphatic hydroxyl groups excluding tert-OH is 1. The summed E-state index contributed by atoms with van der Waals surface area (Å²) in [5.41, 5.74) is 0.969. The lowest BCUT2D eigenvalue weighted by Gasteiger charge is -2.28. The fourth-order valence-electron chi connectivity index (χ4n) is 2.34. The van der Waals surface area contributed by atoms with E-state index in [-0.39, 0.29) is 18.5 Å². The van der Waals surface area contributed by atoms with E-state index in [9.17, 15) is 9.18 Å². The summed E-state index contributed by atoms with van der Waals surface area (Å²) in [7, 11) is 0. The van der Waals surface area contributed by atoms with Gasteiger partial charge in [-0.1, -0.05) is 6.92 Å². The molecule has 1 unspecified atom stereocenters. The molecule has 1 heterocycles. The molecule has 0 bridgehead atoms. The Kier molecular flexibility index (Phi) is 6.52. The van der Waals surface area contributed by atoms with Crippen LogP contribution in [0.1, 0.15) is 32.4 Å². The highest BCUT2D eigenvalue weighted by atomic mass is 19.1. The van der Waals surface area contributed by atoms with Gasteiger partial charge in [-0.25, -0.2) is 14.2 Å². The maximum Gasteiger partial charge on any atom is 0.315 e. The Hall–Kier alpha value is -2.41. The topological polar surface area (TPSA) is 87.4 Å². The fourth-order valence-corrected chi connectivity index (χ4v) is 2.34. The van der Waals surface area contributed by atoms with E-state index in [2.05, 4.69) is 15.6 Å². The summed E-state index contributed by atoms with van der Waals surface area (Å²) >= 11 is 0. The maximum atomic E-state index is 12.9. The molecule has 0 aliphatic carbocycles. The highest BCUT2D eigenvalue weighted by molar-refractivity contribution is 5.74. The van der Waals surface area contributed by atoms with Gasteiger partial charge in [0.25, 0.3) is 0 Å². The van der Waals surface area contributed by atoms with E-state index in [1.54, 1.807) is 12.1 Å². The molecule has 2 rings (SSSR count). The van der Waals surface area contributed by atoms with Crippen LogP contribution in [0, 0.1) is 5.82 Å². The van der Waals surface area contributed by atoms with Gasteiger partial charge in [-0.05, 0) is 44.0 Å². The molecule has 0 saturated heterocycles. The number of aromatic nitrogens is 1. The van der Waals surface area contributed by atoms with Crippen LogP contribution < -0.4 is 10.6 Å². The molecule has 0 saturated carbocycles. The van der Waals surface area contributed by atoms with Crippen molar-refractivity contribution >= 4 is 6.03 Å². The van der Waals surface area contributed by atoms with Gasteiger partial charge in [0.1, 0.15) is 12.1 Å². The zero-order chi connectivity index (χ0) is 18.3. The van der Waals surface area contributed by atoms with Crippen LogP contribution in [0.25, 0.3) is 11.5 Å². The van der Waals surface area contributed by atoms with E-state index < -0.39 is 5.54 Å². The van der Waals surface area contributed by atoms with Crippen LogP contribution >= 0.6 is 0 Å². The van der Waals surface area contributed by atoms with Crippen molar-refractivity contribution in [2.45, 2.75) is 38.6 Å². The molecule has 2 amide bonds. The van der Waals surface area contributed by atoms with E-state index in [4.69, 9.17) is 9.52 Å². The molecule has 1 aromatic heterocycles. The third-order valence-electron chi connectivity index (χ3n) is 4.17. The average Bonchev–Trinajstić information content (AvgIpc) is 3.04. The summed E-state index contributed by atoms with van der Waals surface area (Å²) in [6, 6.07) is 5.62. The van der Waals surface area contributed by atoms with E-state index >= 15 is 0 Å². The van der Waals surface area contributed by atoms with Crippen LogP contribution in [0.15, 0.2) is 34.9 Å². The smallest absolute Gasteiger partial charge is 0.315 e. The number of aliphatic hydroxyl groups is 1. The molecule has 2 aromatic rings. The number of carbonyl (C=O) groups excluding carboxylic acids is 1. The standard InChI is InChI=1S/C18H24FN3O3/c1-3-18(2,9-11-23)22-17(24)20-10-8-15-12-25-16(21-15)13-4-6-14(19)7-5-13/h4-7,12,23H,3,8-11H2,1-2H3,(H2,20,22,24). The molecule has 3 N–H and O–H groups in total. The largest absolute Gasteiger partial charge is 0.444 e. The lowest BCUT2D eigenvalue weighted by molar-refractivity contribution is 0.201. The van der Waals surface area contributed by atoms with Crippen molar-refractivity contribution in [1.29, 1.82) is 0 Å². The van der Waals surface area contributed by atoms with Gasteiger partial charge >= 0.3 is 6.03 Å². The Morgan fingerprint density at radius 3 is 2.72 bits per heavy atom. The number of hydrogen-bond donors (Lipinski definition) is 3. The van der Waals surface area contributed by atoms with Gasteiger partial charge in [0.05, 0.1) is 5.69 Å². The molecule has 0 radical (unpaired) electrons. The Morgan fingerprint density at radius 2 is 2.08 bits per heavy atom. The molecule has 1 aromatic carbocycles. The third kappa shape index (κ3) is 5.56. The first-order valence-corrected chi connectivity index (χ1v) is 8.33. The average molecular weight is 349 g/mol.